The standard InChI is InChI=1S/C13H13ClN2O4/c1-8-6-10(16(19)20)3-2-9(8)7-13(14)5-4-11(17)15-12(13)18/h2-3,6H,4-5,7H2,1H3,(H,15,17,18). The van der Waals surface area contributed by atoms with Gasteiger partial charge in [0.05, 0.1) is 4.92 Å². The van der Waals surface area contributed by atoms with E-state index in [0.717, 1.165) is 5.56 Å². The van der Waals surface area contributed by atoms with E-state index in [1.807, 2.05) is 0 Å². The quantitative estimate of drug-likeness (QED) is 0.399. The van der Waals surface area contributed by atoms with E-state index in [-0.39, 0.29) is 30.9 Å². The van der Waals surface area contributed by atoms with Crippen LogP contribution in [0.15, 0.2) is 18.2 Å². The van der Waals surface area contributed by atoms with Gasteiger partial charge in [0.2, 0.25) is 11.8 Å². The van der Waals surface area contributed by atoms with E-state index in [0.29, 0.717) is 5.56 Å². The maximum Gasteiger partial charge on any atom is 0.269 e. The van der Waals surface area contributed by atoms with Gasteiger partial charge in [0.15, 0.2) is 0 Å². The van der Waals surface area contributed by atoms with Crippen LogP contribution < -0.4 is 5.32 Å². The van der Waals surface area contributed by atoms with Gasteiger partial charge >= 0.3 is 0 Å². The van der Waals surface area contributed by atoms with Crippen molar-refractivity contribution in [2.75, 3.05) is 0 Å². The number of nitrogens with one attached hydrogen (secondary N) is 1. The lowest BCUT2D eigenvalue weighted by Gasteiger charge is -2.29. The van der Waals surface area contributed by atoms with Gasteiger partial charge in [0.25, 0.3) is 5.69 Å². The van der Waals surface area contributed by atoms with Gasteiger partial charge in [-0.3, -0.25) is 25.0 Å². The molecule has 6 nitrogen and oxygen atoms in total. The van der Waals surface area contributed by atoms with Crippen molar-refractivity contribution in [2.45, 2.75) is 31.1 Å². The van der Waals surface area contributed by atoms with Crippen LogP contribution in [-0.2, 0) is 16.0 Å². The number of nitrogens with zero attached hydrogens (tertiary/aromatic N) is 1. The van der Waals surface area contributed by atoms with Crippen LogP contribution in [0.25, 0.3) is 0 Å². The van der Waals surface area contributed by atoms with Crippen LogP contribution in [0.2, 0.25) is 0 Å². The summed E-state index contributed by atoms with van der Waals surface area (Å²) in [7, 11) is 0. The lowest BCUT2D eigenvalue weighted by Crippen LogP contribution is -2.51. The molecule has 2 amide bonds. The number of alkyl halides is 1. The Hall–Kier alpha value is -1.95. The minimum atomic E-state index is -1.17. The first-order valence-corrected chi connectivity index (χ1v) is 6.47. The average Bonchev–Trinajstić information content (AvgIpc) is 2.37. The lowest BCUT2D eigenvalue weighted by molar-refractivity contribution is -0.384. The van der Waals surface area contributed by atoms with Gasteiger partial charge < -0.3 is 0 Å². The molecular weight excluding hydrogens is 284 g/mol. The number of rotatable bonds is 3. The Labute approximate surface area is 120 Å². The van der Waals surface area contributed by atoms with E-state index in [1.54, 1.807) is 13.0 Å². The first-order chi connectivity index (χ1) is 9.32. The molecule has 0 spiro atoms. The lowest BCUT2D eigenvalue weighted by atomic mass is 9.88. The third-order valence-corrected chi connectivity index (χ3v) is 3.91. The number of nitro benzene ring substituents is 1. The highest BCUT2D eigenvalue weighted by Gasteiger charge is 2.41. The molecule has 0 radical (unpaired) electrons. The Balaban J connectivity index is 2.23. The summed E-state index contributed by atoms with van der Waals surface area (Å²) in [4.78, 5) is 32.0. The van der Waals surface area contributed by atoms with E-state index in [1.165, 1.54) is 12.1 Å². The summed E-state index contributed by atoms with van der Waals surface area (Å²) in [6.07, 6.45) is 0.689. The fourth-order valence-electron chi connectivity index (χ4n) is 2.19. The molecule has 1 atom stereocenters. The summed E-state index contributed by atoms with van der Waals surface area (Å²) >= 11 is 6.30. The number of nitro groups is 1. The van der Waals surface area contributed by atoms with Crippen LogP contribution in [0, 0.1) is 17.0 Å². The number of carbonyl (C=O) groups excluding carboxylic acids is 2. The smallest absolute Gasteiger partial charge is 0.269 e. The Morgan fingerprint density at radius 3 is 2.70 bits per heavy atom. The molecule has 1 unspecified atom stereocenters. The Kier molecular flexibility index (Phi) is 3.76. The molecule has 1 fully saturated rings. The summed E-state index contributed by atoms with van der Waals surface area (Å²) in [5, 5.41) is 12.9. The molecule has 1 heterocycles. The van der Waals surface area contributed by atoms with Crippen molar-refractivity contribution in [3.05, 3.63) is 39.4 Å². The zero-order valence-corrected chi connectivity index (χ0v) is 11.6. The van der Waals surface area contributed by atoms with Crippen LogP contribution in [0.1, 0.15) is 24.0 Å². The summed E-state index contributed by atoms with van der Waals surface area (Å²) < 4.78 is 0. The van der Waals surface area contributed by atoms with Crippen molar-refractivity contribution >= 4 is 29.1 Å². The van der Waals surface area contributed by atoms with Crippen LogP contribution in [0.5, 0.6) is 0 Å². The molecular formula is C13H13ClN2O4. The molecule has 1 N–H and O–H groups in total. The van der Waals surface area contributed by atoms with E-state index in [2.05, 4.69) is 5.32 Å². The number of halogens is 1. The number of amides is 2. The second kappa shape index (κ2) is 5.20. The number of aryl methyl sites for hydroxylation is 1. The van der Waals surface area contributed by atoms with E-state index < -0.39 is 15.7 Å². The van der Waals surface area contributed by atoms with Crippen LogP contribution in [0.3, 0.4) is 0 Å². The Morgan fingerprint density at radius 1 is 1.45 bits per heavy atom. The maximum atomic E-state index is 11.8. The molecule has 1 aliphatic heterocycles. The van der Waals surface area contributed by atoms with E-state index in [4.69, 9.17) is 11.6 Å². The summed E-state index contributed by atoms with van der Waals surface area (Å²) in [5.74, 6) is -0.833. The topological polar surface area (TPSA) is 89.3 Å². The number of hydrogen-bond acceptors (Lipinski definition) is 4. The first kappa shape index (κ1) is 14.5. The molecule has 1 aliphatic rings. The monoisotopic (exact) mass is 296 g/mol. The highest BCUT2D eigenvalue weighted by Crippen LogP contribution is 2.31. The van der Waals surface area contributed by atoms with E-state index in [9.17, 15) is 19.7 Å². The zero-order chi connectivity index (χ0) is 14.9. The van der Waals surface area contributed by atoms with Gasteiger partial charge in [-0.2, -0.15) is 0 Å². The predicted octanol–water partition coefficient (Wildman–Crippen LogP) is 1.86. The van der Waals surface area contributed by atoms with Crippen LogP contribution >= 0.6 is 11.6 Å². The SMILES string of the molecule is Cc1cc([N+](=O)[O-])ccc1CC1(Cl)CCC(=O)NC1=O. The zero-order valence-electron chi connectivity index (χ0n) is 10.8. The molecule has 20 heavy (non-hydrogen) atoms. The molecule has 1 aromatic carbocycles. The third kappa shape index (κ3) is 2.80. The molecule has 1 aromatic rings. The van der Waals surface area contributed by atoms with Crippen molar-refractivity contribution in [1.29, 1.82) is 0 Å². The number of carbonyl (C=O) groups is 2. The van der Waals surface area contributed by atoms with Crippen molar-refractivity contribution < 1.29 is 14.5 Å². The molecule has 1 saturated heterocycles. The molecule has 0 aliphatic carbocycles. The Bertz CT molecular complexity index is 602. The Morgan fingerprint density at radius 2 is 2.15 bits per heavy atom. The van der Waals surface area contributed by atoms with Crippen LogP contribution in [-0.4, -0.2) is 21.6 Å². The van der Waals surface area contributed by atoms with Gasteiger partial charge in [-0.1, -0.05) is 6.07 Å². The van der Waals surface area contributed by atoms with Crippen molar-refractivity contribution in [3.8, 4) is 0 Å². The highest BCUT2D eigenvalue weighted by atomic mass is 35.5. The van der Waals surface area contributed by atoms with Crippen molar-refractivity contribution in [3.63, 3.8) is 0 Å². The van der Waals surface area contributed by atoms with Gasteiger partial charge in [0, 0.05) is 25.0 Å². The van der Waals surface area contributed by atoms with Gasteiger partial charge in [0.1, 0.15) is 4.87 Å². The van der Waals surface area contributed by atoms with Crippen molar-refractivity contribution in [2.24, 2.45) is 0 Å². The van der Waals surface area contributed by atoms with Gasteiger partial charge in [-0.15, -0.1) is 11.6 Å². The number of imide groups is 1. The largest absolute Gasteiger partial charge is 0.295 e. The fourth-order valence-corrected chi connectivity index (χ4v) is 2.47. The van der Waals surface area contributed by atoms with E-state index >= 15 is 0 Å². The summed E-state index contributed by atoms with van der Waals surface area (Å²) in [5.41, 5.74) is 1.46. The third-order valence-electron chi connectivity index (χ3n) is 3.42. The molecule has 0 bridgehead atoms. The minimum Gasteiger partial charge on any atom is -0.295 e. The number of non-ortho nitro benzene ring substituents is 1. The molecule has 0 saturated carbocycles. The van der Waals surface area contributed by atoms with Crippen LogP contribution in [0.4, 0.5) is 5.69 Å². The summed E-state index contributed by atoms with van der Waals surface area (Å²) in [6, 6.07) is 4.43. The predicted molar refractivity (Wildman–Crippen MR) is 72.5 cm³/mol. The second-order valence-electron chi connectivity index (χ2n) is 4.89. The molecule has 0 aromatic heterocycles. The normalized spacial score (nSPS) is 22.5. The van der Waals surface area contributed by atoms with Gasteiger partial charge in [-0.05, 0) is 24.5 Å². The second-order valence-corrected chi connectivity index (χ2v) is 5.61. The highest BCUT2D eigenvalue weighted by molar-refractivity contribution is 6.36. The maximum absolute atomic E-state index is 11.8. The minimum absolute atomic E-state index is 0.00172. The number of hydrogen-bond donors (Lipinski definition) is 1. The number of piperidine rings is 1. The fraction of sp³-hybridized carbons (Fsp3) is 0.385. The molecule has 106 valence electrons. The molecule has 7 heteroatoms. The average molecular weight is 297 g/mol. The summed E-state index contributed by atoms with van der Waals surface area (Å²) in [6.45, 7) is 1.73. The van der Waals surface area contributed by atoms with Gasteiger partial charge in [-0.25, -0.2) is 0 Å². The first-order valence-electron chi connectivity index (χ1n) is 6.09. The number of benzene rings is 1. The van der Waals surface area contributed by atoms with Crippen molar-refractivity contribution in [1.82, 2.24) is 5.32 Å². The molecule has 2 rings (SSSR count).